The van der Waals surface area contributed by atoms with Crippen LogP contribution in [0.15, 0.2) is 36.4 Å². The highest BCUT2D eigenvalue weighted by atomic mass is 16.5. The van der Waals surface area contributed by atoms with Crippen LogP contribution in [0, 0.1) is 6.92 Å². The molecule has 2 rings (SSSR count). The highest BCUT2D eigenvalue weighted by Crippen LogP contribution is 2.27. The average molecular weight is 273 g/mol. The maximum Gasteiger partial charge on any atom is 0.255 e. The van der Waals surface area contributed by atoms with Gasteiger partial charge < -0.3 is 20.3 Å². The van der Waals surface area contributed by atoms with E-state index in [4.69, 9.17) is 4.74 Å². The monoisotopic (exact) mass is 273 g/mol. The Bertz CT molecular complexity index is 652. The van der Waals surface area contributed by atoms with Crippen molar-refractivity contribution in [2.75, 3.05) is 12.4 Å². The number of benzene rings is 2. The number of ether oxygens (including phenoxy) is 1. The summed E-state index contributed by atoms with van der Waals surface area (Å²) in [7, 11) is 1.44. The molecule has 0 radical (unpaired) electrons. The lowest BCUT2D eigenvalue weighted by atomic mass is 10.1. The van der Waals surface area contributed by atoms with Crippen LogP contribution in [0.4, 0.5) is 5.69 Å². The van der Waals surface area contributed by atoms with Gasteiger partial charge in [0.1, 0.15) is 5.75 Å². The average Bonchev–Trinajstić information content (AvgIpc) is 2.41. The van der Waals surface area contributed by atoms with E-state index in [9.17, 15) is 15.0 Å². The topological polar surface area (TPSA) is 78.8 Å². The van der Waals surface area contributed by atoms with Gasteiger partial charge in [-0.15, -0.1) is 0 Å². The minimum Gasteiger partial charge on any atom is -0.508 e. The summed E-state index contributed by atoms with van der Waals surface area (Å²) in [6.07, 6.45) is 0. The SMILES string of the molecule is COc1ccc(C(=O)Nc2ccc(O)cc2C)cc1O. The summed E-state index contributed by atoms with van der Waals surface area (Å²) in [5.41, 5.74) is 1.66. The van der Waals surface area contributed by atoms with Crippen molar-refractivity contribution in [3.63, 3.8) is 0 Å². The fraction of sp³-hybridized carbons (Fsp3) is 0.133. The van der Waals surface area contributed by atoms with Crippen molar-refractivity contribution in [1.29, 1.82) is 0 Å². The van der Waals surface area contributed by atoms with Crippen molar-refractivity contribution < 1.29 is 19.7 Å². The summed E-state index contributed by atoms with van der Waals surface area (Å²) in [6, 6.07) is 9.09. The second kappa shape index (κ2) is 5.52. The number of aromatic hydroxyl groups is 2. The zero-order valence-electron chi connectivity index (χ0n) is 11.2. The Morgan fingerprint density at radius 3 is 2.50 bits per heavy atom. The van der Waals surface area contributed by atoms with Gasteiger partial charge in [-0.25, -0.2) is 0 Å². The number of hydrogen-bond acceptors (Lipinski definition) is 4. The van der Waals surface area contributed by atoms with Crippen molar-refractivity contribution in [3.8, 4) is 17.2 Å². The Morgan fingerprint density at radius 1 is 1.15 bits per heavy atom. The second-order valence-electron chi connectivity index (χ2n) is 4.34. The number of amides is 1. The maximum absolute atomic E-state index is 12.1. The van der Waals surface area contributed by atoms with Crippen LogP contribution in [0.1, 0.15) is 15.9 Å². The molecular formula is C15H15NO4. The van der Waals surface area contributed by atoms with Gasteiger partial charge in [-0.3, -0.25) is 4.79 Å². The first-order chi connectivity index (χ1) is 9.51. The van der Waals surface area contributed by atoms with E-state index >= 15 is 0 Å². The van der Waals surface area contributed by atoms with Crippen molar-refractivity contribution in [2.24, 2.45) is 0 Å². The van der Waals surface area contributed by atoms with E-state index in [0.29, 0.717) is 17.0 Å². The highest BCUT2D eigenvalue weighted by Gasteiger charge is 2.11. The van der Waals surface area contributed by atoms with Gasteiger partial charge in [0.15, 0.2) is 11.5 Å². The predicted molar refractivity (Wildman–Crippen MR) is 75.5 cm³/mol. The number of aryl methyl sites for hydroxylation is 1. The fourth-order valence-corrected chi connectivity index (χ4v) is 1.81. The number of carbonyl (C=O) groups is 1. The van der Waals surface area contributed by atoms with Crippen LogP contribution < -0.4 is 10.1 Å². The summed E-state index contributed by atoms with van der Waals surface area (Å²) in [4.78, 5) is 12.1. The molecule has 0 bridgehead atoms. The normalized spacial score (nSPS) is 10.1. The van der Waals surface area contributed by atoms with E-state index in [1.807, 2.05) is 0 Å². The molecule has 0 saturated carbocycles. The number of phenols is 2. The zero-order valence-corrected chi connectivity index (χ0v) is 11.2. The molecule has 2 aromatic carbocycles. The van der Waals surface area contributed by atoms with Gasteiger partial charge in [0, 0.05) is 11.3 Å². The summed E-state index contributed by atoms with van der Waals surface area (Å²) in [5.74, 6) is 0.00396. The summed E-state index contributed by atoms with van der Waals surface area (Å²) in [5, 5.41) is 21.7. The van der Waals surface area contributed by atoms with E-state index in [2.05, 4.69) is 5.32 Å². The van der Waals surface area contributed by atoms with Crippen LogP contribution in [0.3, 0.4) is 0 Å². The maximum atomic E-state index is 12.1. The Hall–Kier alpha value is -2.69. The molecule has 0 fully saturated rings. The molecule has 1 amide bonds. The molecule has 0 spiro atoms. The molecule has 0 aliphatic carbocycles. The Kier molecular flexibility index (Phi) is 3.79. The van der Waals surface area contributed by atoms with Gasteiger partial charge in [0.2, 0.25) is 0 Å². The largest absolute Gasteiger partial charge is 0.508 e. The molecule has 3 N–H and O–H groups in total. The molecule has 0 heterocycles. The standard InChI is InChI=1S/C15H15NO4/c1-9-7-11(17)4-5-12(9)16-15(19)10-3-6-14(20-2)13(18)8-10/h3-8,17-18H,1-2H3,(H,16,19). The number of nitrogens with one attached hydrogen (secondary N) is 1. The second-order valence-corrected chi connectivity index (χ2v) is 4.34. The quantitative estimate of drug-likeness (QED) is 0.751. The third kappa shape index (κ3) is 2.83. The first-order valence-corrected chi connectivity index (χ1v) is 5.99. The molecule has 5 heteroatoms. The fourth-order valence-electron chi connectivity index (χ4n) is 1.81. The van der Waals surface area contributed by atoms with Crippen LogP contribution in [0.25, 0.3) is 0 Å². The molecule has 0 aromatic heterocycles. The Morgan fingerprint density at radius 2 is 1.90 bits per heavy atom. The molecule has 0 saturated heterocycles. The van der Waals surface area contributed by atoms with Gasteiger partial charge >= 0.3 is 0 Å². The highest BCUT2D eigenvalue weighted by molar-refractivity contribution is 6.05. The number of phenolic OH excluding ortho intramolecular Hbond substituents is 2. The van der Waals surface area contributed by atoms with Gasteiger partial charge in [-0.1, -0.05) is 0 Å². The van der Waals surface area contributed by atoms with E-state index in [-0.39, 0.29) is 17.4 Å². The molecule has 104 valence electrons. The molecule has 0 aliphatic rings. The van der Waals surface area contributed by atoms with Gasteiger partial charge in [0.05, 0.1) is 7.11 Å². The summed E-state index contributed by atoms with van der Waals surface area (Å²) < 4.78 is 4.92. The number of carbonyl (C=O) groups excluding carboxylic acids is 1. The Labute approximate surface area is 116 Å². The lowest BCUT2D eigenvalue weighted by molar-refractivity contribution is 0.102. The smallest absolute Gasteiger partial charge is 0.255 e. The lowest BCUT2D eigenvalue weighted by Gasteiger charge is -2.10. The predicted octanol–water partition coefficient (Wildman–Crippen LogP) is 2.67. The lowest BCUT2D eigenvalue weighted by Crippen LogP contribution is -2.12. The van der Waals surface area contributed by atoms with Crippen molar-refractivity contribution in [3.05, 3.63) is 47.5 Å². The third-order valence-corrected chi connectivity index (χ3v) is 2.90. The van der Waals surface area contributed by atoms with Crippen LogP contribution in [0.2, 0.25) is 0 Å². The van der Waals surface area contributed by atoms with Gasteiger partial charge in [0.25, 0.3) is 5.91 Å². The van der Waals surface area contributed by atoms with E-state index < -0.39 is 0 Å². The molecule has 0 atom stereocenters. The first-order valence-electron chi connectivity index (χ1n) is 5.99. The van der Waals surface area contributed by atoms with Crippen LogP contribution in [-0.2, 0) is 0 Å². The van der Waals surface area contributed by atoms with Crippen LogP contribution in [0.5, 0.6) is 17.2 Å². The van der Waals surface area contributed by atoms with Crippen LogP contribution in [-0.4, -0.2) is 23.2 Å². The number of anilines is 1. The molecule has 2 aromatic rings. The van der Waals surface area contributed by atoms with Gasteiger partial charge in [-0.2, -0.15) is 0 Å². The minimum absolute atomic E-state index is 0.0948. The van der Waals surface area contributed by atoms with E-state index in [1.165, 1.54) is 25.3 Å². The van der Waals surface area contributed by atoms with Gasteiger partial charge in [-0.05, 0) is 48.9 Å². The van der Waals surface area contributed by atoms with Crippen molar-refractivity contribution in [2.45, 2.75) is 6.92 Å². The Balaban J connectivity index is 2.21. The zero-order chi connectivity index (χ0) is 14.7. The molecule has 5 nitrogen and oxygen atoms in total. The molecule has 20 heavy (non-hydrogen) atoms. The van der Waals surface area contributed by atoms with Crippen molar-refractivity contribution in [1.82, 2.24) is 0 Å². The summed E-state index contributed by atoms with van der Waals surface area (Å²) in [6.45, 7) is 1.78. The number of hydrogen-bond donors (Lipinski definition) is 3. The minimum atomic E-state index is -0.350. The first kappa shape index (κ1) is 13.7. The summed E-state index contributed by atoms with van der Waals surface area (Å²) >= 11 is 0. The van der Waals surface area contributed by atoms with Crippen LogP contribution >= 0.6 is 0 Å². The van der Waals surface area contributed by atoms with Crippen molar-refractivity contribution >= 4 is 11.6 Å². The number of methoxy groups -OCH3 is 1. The van der Waals surface area contributed by atoms with E-state index in [1.54, 1.807) is 25.1 Å². The molecule has 0 aliphatic heterocycles. The number of rotatable bonds is 3. The molecular weight excluding hydrogens is 258 g/mol. The third-order valence-electron chi connectivity index (χ3n) is 2.90. The molecule has 0 unspecified atom stereocenters. The van der Waals surface area contributed by atoms with E-state index in [0.717, 1.165) is 5.56 Å².